The van der Waals surface area contributed by atoms with Crippen molar-refractivity contribution in [2.24, 2.45) is 5.73 Å². The molecule has 2 N–H and O–H groups in total. The topological polar surface area (TPSA) is 68.2 Å². The van der Waals surface area contributed by atoms with Crippen molar-refractivity contribution in [3.8, 4) is 11.1 Å². The van der Waals surface area contributed by atoms with Crippen LogP contribution in [-0.2, 0) is 13.1 Å². The summed E-state index contributed by atoms with van der Waals surface area (Å²) in [4.78, 5) is 6.44. The molecular weight excluding hydrogens is 300 g/mol. The summed E-state index contributed by atoms with van der Waals surface area (Å²) in [6.45, 7) is 3.06. The second-order valence-corrected chi connectivity index (χ2v) is 5.89. The van der Waals surface area contributed by atoms with Crippen LogP contribution in [0.3, 0.4) is 0 Å². The van der Waals surface area contributed by atoms with Crippen molar-refractivity contribution in [2.75, 3.05) is 7.05 Å². The maximum absolute atomic E-state index is 5.50. The first-order valence-electron chi connectivity index (χ1n) is 8.04. The predicted molar refractivity (Wildman–Crippen MR) is 93.9 cm³/mol. The smallest absolute Gasteiger partial charge is 0.240 e. The van der Waals surface area contributed by atoms with Crippen LogP contribution in [0.25, 0.3) is 11.1 Å². The molecule has 1 unspecified atom stereocenters. The molecule has 0 aliphatic heterocycles. The minimum absolute atomic E-state index is 0.245. The van der Waals surface area contributed by atoms with E-state index in [1.165, 1.54) is 16.7 Å². The third-order valence-electron chi connectivity index (χ3n) is 4.24. The maximum Gasteiger partial charge on any atom is 0.240 e. The Morgan fingerprint density at radius 3 is 2.33 bits per heavy atom. The van der Waals surface area contributed by atoms with E-state index in [0.717, 1.165) is 0 Å². The molecule has 5 nitrogen and oxygen atoms in total. The van der Waals surface area contributed by atoms with Gasteiger partial charge in [-0.25, -0.2) is 0 Å². The summed E-state index contributed by atoms with van der Waals surface area (Å²) in [5, 5.41) is 3.95. The first-order valence-corrected chi connectivity index (χ1v) is 8.04. The molecule has 0 radical (unpaired) electrons. The molecule has 2 aromatic carbocycles. The molecule has 0 aliphatic rings. The molecule has 1 atom stereocenters. The van der Waals surface area contributed by atoms with Gasteiger partial charge in [0.05, 0.1) is 13.1 Å². The van der Waals surface area contributed by atoms with Crippen molar-refractivity contribution in [1.29, 1.82) is 0 Å². The fourth-order valence-electron chi connectivity index (χ4n) is 2.64. The Hall–Kier alpha value is -2.50. The van der Waals surface area contributed by atoms with E-state index in [1.807, 2.05) is 13.1 Å². The highest BCUT2D eigenvalue weighted by atomic mass is 16.5. The number of benzene rings is 2. The average molecular weight is 322 g/mol. The molecule has 3 rings (SSSR count). The third kappa shape index (κ3) is 3.69. The lowest BCUT2D eigenvalue weighted by molar-refractivity contribution is 0.242. The van der Waals surface area contributed by atoms with Gasteiger partial charge in [0.25, 0.3) is 0 Å². The van der Waals surface area contributed by atoms with Gasteiger partial charge in [-0.3, -0.25) is 4.90 Å². The highest BCUT2D eigenvalue weighted by Gasteiger charge is 2.15. The Morgan fingerprint density at radius 2 is 1.71 bits per heavy atom. The van der Waals surface area contributed by atoms with Crippen LogP contribution in [-0.4, -0.2) is 22.1 Å². The fourth-order valence-corrected chi connectivity index (χ4v) is 2.64. The Kier molecular flexibility index (Phi) is 5.03. The maximum atomic E-state index is 5.50. The van der Waals surface area contributed by atoms with Crippen LogP contribution >= 0.6 is 0 Å². The number of nitrogens with two attached hydrogens (primary N) is 1. The molecule has 0 saturated carbocycles. The molecule has 3 aromatic rings. The van der Waals surface area contributed by atoms with Gasteiger partial charge in [0.1, 0.15) is 0 Å². The summed E-state index contributed by atoms with van der Waals surface area (Å²) in [7, 11) is 2.05. The highest BCUT2D eigenvalue weighted by Crippen LogP contribution is 2.24. The summed E-state index contributed by atoms with van der Waals surface area (Å²) >= 11 is 0. The minimum atomic E-state index is 0.245. The minimum Gasteiger partial charge on any atom is -0.338 e. The lowest BCUT2D eigenvalue weighted by Gasteiger charge is -2.23. The normalized spacial score (nSPS) is 12.5. The summed E-state index contributed by atoms with van der Waals surface area (Å²) in [6.07, 6.45) is 0. The lowest BCUT2D eigenvalue weighted by Crippen LogP contribution is -2.22. The first-order chi connectivity index (χ1) is 11.7. The van der Waals surface area contributed by atoms with E-state index in [1.54, 1.807) is 0 Å². The molecule has 5 heteroatoms. The molecule has 0 saturated heterocycles. The summed E-state index contributed by atoms with van der Waals surface area (Å²) in [6, 6.07) is 19.3. The van der Waals surface area contributed by atoms with Gasteiger partial charge < -0.3 is 10.3 Å². The molecule has 1 heterocycles. The average Bonchev–Trinajstić information content (AvgIpc) is 3.09. The monoisotopic (exact) mass is 322 g/mol. The van der Waals surface area contributed by atoms with Crippen molar-refractivity contribution >= 4 is 0 Å². The van der Waals surface area contributed by atoms with Crippen molar-refractivity contribution in [3.63, 3.8) is 0 Å². The van der Waals surface area contributed by atoms with Gasteiger partial charge in [0.15, 0.2) is 5.82 Å². The number of aromatic nitrogens is 2. The zero-order valence-electron chi connectivity index (χ0n) is 14.0. The van der Waals surface area contributed by atoms with E-state index in [9.17, 15) is 0 Å². The van der Waals surface area contributed by atoms with Crippen LogP contribution in [0.2, 0.25) is 0 Å². The number of nitrogens with zero attached hydrogens (tertiary/aromatic N) is 3. The Labute approximate surface area is 142 Å². The van der Waals surface area contributed by atoms with Gasteiger partial charge in [-0.05, 0) is 30.7 Å². The fraction of sp³-hybridized carbons (Fsp3) is 0.263. The van der Waals surface area contributed by atoms with Crippen molar-refractivity contribution in [2.45, 2.75) is 26.1 Å². The molecular formula is C19H22N4O. The van der Waals surface area contributed by atoms with Crippen LogP contribution in [0.4, 0.5) is 0 Å². The summed E-state index contributed by atoms with van der Waals surface area (Å²) in [5.41, 5.74) is 9.20. The van der Waals surface area contributed by atoms with Gasteiger partial charge in [-0.15, -0.1) is 0 Å². The molecule has 0 spiro atoms. The van der Waals surface area contributed by atoms with E-state index in [-0.39, 0.29) is 12.6 Å². The lowest BCUT2D eigenvalue weighted by atomic mass is 10.0. The first kappa shape index (κ1) is 16.4. The second kappa shape index (κ2) is 7.38. The zero-order chi connectivity index (χ0) is 16.9. The van der Waals surface area contributed by atoms with Gasteiger partial charge in [-0.2, -0.15) is 4.98 Å². The van der Waals surface area contributed by atoms with Crippen LogP contribution in [0.15, 0.2) is 59.1 Å². The molecule has 24 heavy (non-hydrogen) atoms. The van der Waals surface area contributed by atoms with Crippen molar-refractivity contribution in [1.82, 2.24) is 15.0 Å². The number of hydrogen-bond acceptors (Lipinski definition) is 5. The van der Waals surface area contributed by atoms with E-state index in [2.05, 4.69) is 70.5 Å². The molecule has 124 valence electrons. The molecule has 0 bridgehead atoms. The molecule has 0 amide bonds. The van der Waals surface area contributed by atoms with E-state index >= 15 is 0 Å². The molecule has 0 fully saturated rings. The Balaban J connectivity index is 1.68. The van der Waals surface area contributed by atoms with Crippen molar-refractivity contribution in [3.05, 3.63) is 71.9 Å². The second-order valence-electron chi connectivity index (χ2n) is 5.89. The molecule has 1 aromatic heterocycles. The Morgan fingerprint density at radius 1 is 1.04 bits per heavy atom. The summed E-state index contributed by atoms with van der Waals surface area (Å²) in [5.74, 6) is 1.13. The van der Waals surface area contributed by atoms with E-state index in [0.29, 0.717) is 18.3 Å². The van der Waals surface area contributed by atoms with Gasteiger partial charge in [0, 0.05) is 6.04 Å². The van der Waals surface area contributed by atoms with Crippen LogP contribution in [0, 0.1) is 0 Å². The van der Waals surface area contributed by atoms with Gasteiger partial charge in [0.2, 0.25) is 5.89 Å². The third-order valence-corrected chi connectivity index (χ3v) is 4.24. The molecule has 0 aliphatic carbocycles. The Bertz CT molecular complexity index is 768. The van der Waals surface area contributed by atoms with Crippen LogP contribution in [0.1, 0.15) is 30.2 Å². The quantitative estimate of drug-likeness (QED) is 0.753. The predicted octanol–water partition coefficient (Wildman–Crippen LogP) is 3.39. The van der Waals surface area contributed by atoms with Crippen molar-refractivity contribution < 1.29 is 4.52 Å². The summed E-state index contributed by atoms with van der Waals surface area (Å²) < 4.78 is 5.05. The SMILES string of the molecule is CC(c1ccc(-c2ccccc2)cc1)N(C)Cc1noc(CN)n1. The van der Waals surface area contributed by atoms with Gasteiger partial charge >= 0.3 is 0 Å². The largest absolute Gasteiger partial charge is 0.338 e. The van der Waals surface area contributed by atoms with E-state index in [4.69, 9.17) is 10.3 Å². The van der Waals surface area contributed by atoms with Crippen LogP contribution in [0.5, 0.6) is 0 Å². The zero-order valence-corrected chi connectivity index (χ0v) is 14.0. The van der Waals surface area contributed by atoms with Gasteiger partial charge in [-0.1, -0.05) is 59.8 Å². The standard InChI is InChI=1S/C19H22N4O/c1-14(23(2)13-18-21-19(12-20)24-22-18)15-8-10-17(11-9-15)16-6-4-3-5-7-16/h3-11,14H,12-13,20H2,1-2H3. The number of hydrogen-bond donors (Lipinski definition) is 1. The highest BCUT2D eigenvalue weighted by molar-refractivity contribution is 5.63. The number of rotatable bonds is 6. The van der Waals surface area contributed by atoms with E-state index < -0.39 is 0 Å². The van der Waals surface area contributed by atoms with Crippen LogP contribution < -0.4 is 5.73 Å².